The Morgan fingerprint density at radius 2 is 1.38 bits per heavy atom. The van der Waals surface area contributed by atoms with Crippen molar-refractivity contribution in [2.24, 2.45) is 16.7 Å². The lowest BCUT2D eigenvalue weighted by molar-refractivity contribution is -0.150. The quantitative estimate of drug-likeness (QED) is 0.219. The van der Waals surface area contributed by atoms with E-state index in [0.29, 0.717) is 11.4 Å². The van der Waals surface area contributed by atoms with Gasteiger partial charge in [0.15, 0.2) is 12.4 Å². The van der Waals surface area contributed by atoms with Crippen LogP contribution in [0.4, 0.5) is 4.79 Å². The molecule has 0 saturated carbocycles. The summed E-state index contributed by atoms with van der Waals surface area (Å²) in [6.45, 7) is 19.2. The topological polar surface area (TPSA) is 110 Å². The molecule has 0 saturated heterocycles. The second kappa shape index (κ2) is 14.3. The molecule has 0 unspecified atom stereocenters. The molecule has 8 nitrogen and oxygen atoms in total. The lowest BCUT2D eigenvalue weighted by Gasteiger charge is -2.31. The van der Waals surface area contributed by atoms with E-state index in [1.807, 2.05) is 84.9 Å². The minimum absolute atomic E-state index is 0.160. The van der Waals surface area contributed by atoms with Crippen LogP contribution in [0.15, 0.2) is 66.9 Å². The van der Waals surface area contributed by atoms with E-state index in [1.54, 1.807) is 30.5 Å². The molecule has 0 aliphatic heterocycles. The lowest BCUT2D eigenvalue weighted by Crippen LogP contribution is -2.40. The van der Waals surface area contributed by atoms with Crippen LogP contribution in [0.25, 0.3) is 11.3 Å². The third-order valence-electron chi connectivity index (χ3n) is 6.57. The molecule has 3 rings (SSSR count). The number of nitrogens with zero attached hydrogens (tertiary/aromatic N) is 1. The molecule has 8 heteroatoms. The van der Waals surface area contributed by atoms with Gasteiger partial charge in [0.2, 0.25) is 0 Å². The Morgan fingerprint density at radius 1 is 0.833 bits per heavy atom. The minimum Gasteiger partial charge on any atom is -0.457 e. The van der Waals surface area contributed by atoms with E-state index < -0.39 is 11.7 Å². The highest BCUT2D eigenvalue weighted by Gasteiger charge is 2.32. The number of aromatic nitrogens is 2. The Labute approximate surface area is 250 Å². The first-order valence-corrected chi connectivity index (χ1v) is 14.2. The molecule has 0 aliphatic carbocycles. The molecule has 1 heterocycles. The third kappa shape index (κ3) is 11.1. The molecule has 0 radical (unpaired) electrons. The molecule has 0 aliphatic rings. The van der Waals surface area contributed by atoms with Gasteiger partial charge in [-0.3, -0.25) is 9.59 Å². The van der Waals surface area contributed by atoms with E-state index in [0.717, 1.165) is 11.3 Å². The predicted molar refractivity (Wildman–Crippen MR) is 166 cm³/mol. The average molecular weight is 578 g/mol. The summed E-state index contributed by atoms with van der Waals surface area (Å²) in [5.74, 6) is -0.0230. The van der Waals surface area contributed by atoms with Crippen molar-refractivity contribution in [2.45, 2.75) is 80.9 Å². The number of imidazole rings is 1. The van der Waals surface area contributed by atoms with Gasteiger partial charge in [-0.05, 0) is 37.2 Å². The Hall–Kier alpha value is -3.94. The molecule has 42 heavy (non-hydrogen) atoms. The van der Waals surface area contributed by atoms with Gasteiger partial charge in [-0.2, -0.15) is 0 Å². The normalized spacial score (nSPS) is 13.2. The molecule has 228 valence electrons. The van der Waals surface area contributed by atoms with Crippen LogP contribution in [-0.4, -0.2) is 40.0 Å². The summed E-state index contributed by atoms with van der Waals surface area (Å²) in [4.78, 5) is 43.5. The van der Waals surface area contributed by atoms with Crippen molar-refractivity contribution in [3.8, 4) is 11.3 Å². The molecule has 1 aromatic heterocycles. The average Bonchev–Trinajstić information content (AvgIpc) is 3.39. The van der Waals surface area contributed by atoms with Crippen LogP contribution in [0.2, 0.25) is 0 Å². The number of Topliss-reactive ketones (excluding diaryl/α,β-unsaturated/α-hetero) is 1. The van der Waals surface area contributed by atoms with Crippen LogP contribution in [0.3, 0.4) is 0 Å². The fourth-order valence-electron chi connectivity index (χ4n) is 3.69. The van der Waals surface area contributed by atoms with E-state index in [9.17, 15) is 14.4 Å². The minimum atomic E-state index is -0.537. The highest BCUT2D eigenvalue weighted by Crippen LogP contribution is 2.32. The largest absolute Gasteiger partial charge is 0.457 e. The number of esters is 1. The number of aromatic amines is 1. The summed E-state index contributed by atoms with van der Waals surface area (Å²) >= 11 is 0. The number of alkyl carbamates (subject to hydrolysis) is 1. The van der Waals surface area contributed by atoms with Crippen molar-refractivity contribution in [1.29, 1.82) is 0 Å². The molecule has 1 amide bonds. The number of H-pyrrole nitrogens is 1. The predicted octanol–water partition coefficient (Wildman–Crippen LogP) is 7.78. The summed E-state index contributed by atoms with van der Waals surface area (Å²) in [5, 5.41) is 2.94. The zero-order valence-corrected chi connectivity index (χ0v) is 26.7. The Balaban J connectivity index is 0.000000307. The Kier molecular flexibility index (Phi) is 11.7. The number of amides is 1. The highest BCUT2D eigenvalue weighted by molar-refractivity contribution is 5.97. The first-order valence-electron chi connectivity index (χ1n) is 14.2. The van der Waals surface area contributed by atoms with Crippen molar-refractivity contribution in [3.63, 3.8) is 0 Å². The van der Waals surface area contributed by atoms with Crippen molar-refractivity contribution >= 4 is 17.8 Å². The first-order chi connectivity index (χ1) is 19.4. The van der Waals surface area contributed by atoms with E-state index in [-0.39, 0.29) is 41.1 Å². The van der Waals surface area contributed by atoms with E-state index in [2.05, 4.69) is 36.1 Å². The summed E-state index contributed by atoms with van der Waals surface area (Å²) < 4.78 is 10.4. The molecule has 0 fully saturated rings. The summed E-state index contributed by atoms with van der Waals surface area (Å²) in [5.41, 5.74) is 1.63. The number of ketones is 1. The number of rotatable bonds is 7. The number of carbonyl (C=O) groups excluding carboxylic acids is 3. The van der Waals surface area contributed by atoms with Crippen molar-refractivity contribution < 1.29 is 23.9 Å². The molecule has 2 atom stereocenters. The number of carbonyl (C=O) groups is 3. The monoisotopic (exact) mass is 577 g/mol. The van der Waals surface area contributed by atoms with Crippen molar-refractivity contribution in [1.82, 2.24) is 15.3 Å². The molecular formula is C34H47N3O5. The number of benzene rings is 2. The maximum atomic E-state index is 12.2. The number of hydrogen-bond donors (Lipinski definition) is 2. The van der Waals surface area contributed by atoms with Gasteiger partial charge < -0.3 is 19.8 Å². The second-order valence-electron chi connectivity index (χ2n) is 13.5. The summed E-state index contributed by atoms with van der Waals surface area (Å²) in [7, 11) is 0. The molecular weight excluding hydrogens is 530 g/mol. The SMILES string of the molecule is CC(C)(C)OC(=O)N[C@@H](c1ncc(-c2ccccc2)[nH]1)C(C)(C)C.C[C@@H](C(=O)OCC(=O)c1ccccc1)C(C)(C)C. The second-order valence-corrected chi connectivity index (χ2v) is 13.5. The lowest BCUT2D eigenvalue weighted by atomic mass is 9.82. The fraction of sp³-hybridized carbons (Fsp3) is 0.471. The van der Waals surface area contributed by atoms with E-state index >= 15 is 0 Å². The van der Waals surface area contributed by atoms with Crippen LogP contribution in [0.5, 0.6) is 0 Å². The van der Waals surface area contributed by atoms with Gasteiger partial charge in [0.05, 0.1) is 23.9 Å². The van der Waals surface area contributed by atoms with Gasteiger partial charge in [0.25, 0.3) is 0 Å². The van der Waals surface area contributed by atoms with Crippen LogP contribution < -0.4 is 5.32 Å². The van der Waals surface area contributed by atoms with Gasteiger partial charge in [0.1, 0.15) is 11.4 Å². The number of hydrogen-bond acceptors (Lipinski definition) is 6. The third-order valence-corrected chi connectivity index (χ3v) is 6.57. The van der Waals surface area contributed by atoms with Gasteiger partial charge in [-0.25, -0.2) is 9.78 Å². The fourth-order valence-corrected chi connectivity index (χ4v) is 3.69. The maximum absolute atomic E-state index is 12.2. The Bertz CT molecular complexity index is 1300. The summed E-state index contributed by atoms with van der Waals surface area (Å²) in [6.07, 6.45) is 1.35. The van der Waals surface area contributed by atoms with Crippen LogP contribution in [0, 0.1) is 16.7 Å². The zero-order valence-electron chi connectivity index (χ0n) is 26.7. The number of ether oxygens (including phenoxy) is 2. The Morgan fingerprint density at radius 3 is 1.88 bits per heavy atom. The standard InChI is InChI=1S/C19H27N3O2.C15H20O3/c1-18(2,3)15(22-17(23)24-19(4,5)6)16-20-12-14(21-16)13-10-8-7-9-11-13;1-11(15(2,3)4)14(17)18-10-13(16)12-8-6-5-7-9-12/h7-12,15H,1-6H3,(H,20,21)(H,22,23);5-9,11H,10H2,1-4H3/t15-;11-/m00/s1. The zero-order chi connectivity index (χ0) is 31.7. The van der Waals surface area contributed by atoms with Gasteiger partial charge >= 0.3 is 12.1 Å². The van der Waals surface area contributed by atoms with Gasteiger partial charge in [-0.1, -0.05) is 109 Å². The van der Waals surface area contributed by atoms with Crippen LogP contribution in [0.1, 0.15) is 91.5 Å². The number of nitrogens with one attached hydrogen (secondary N) is 2. The maximum Gasteiger partial charge on any atom is 0.408 e. The van der Waals surface area contributed by atoms with E-state index in [4.69, 9.17) is 9.47 Å². The molecule has 2 N–H and O–H groups in total. The van der Waals surface area contributed by atoms with Crippen LogP contribution >= 0.6 is 0 Å². The van der Waals surface area contributed by atoms with Crippen LogP contribution in [-0.2, 0) is 14.3 Å². The van der Waals surface area contributed by atoms with Gasteiger partial charge in [-0.15, -0.1) is 0 Å². The van der Waals surface area contributed by atoms with Crippen molar-refractivity contribution in [2.75, 3.05) is 6.61 Å². The first kappa shape index (κ1) is 34.3. The molecule has 3 aromatic rings. The van der Waals surface area contributed by atoms with E-state index in [1.165, 1.54) is 0 Å². The smallest absolute Gasteiger partial charge is 0.408 e. The molecule has 0 bridgehead atoms. The van der Waals surface area contributed by atoms with Crippen molar-refractivity contribution in [3.05, 3.63) is 78.2 Å². The summed E-state index contributed by atoms with van der Waals surface area (Å²) in [6, 6.07) is 18.5. The highest BCUT2D eigenvalue weighted by atomic mass is 16.6. The molecule has 0 spiro atoms. The van der Waals surface area contributed by atoms with Gasteiger partial charge in [0, 0.05) is 5.56 Å². The molecule has 2 aromatic carbocycles.